The van der Waals surface area contributed by atoms with Gasteiger partial charge in [-0.1, -0.05) is 17.7 Å². The molecule has 0 atom stereocenters. The van der Waals surface area contributed by atoms with Crippen LogP contribution in [0.3, 0.4) is 0 Å². The van der Waals surface area contributed by atoms with E-state index in [0.717, 1.165) is 19.6 Å². The predicted octanol–water partition coefficient (Wildman–Crippen LogP) is 3.19. The molecule has 1 aliphatic heterocycles. The second kappa shape index (κ2) is 4.93. The van der Waals surface area contributed by atoms with Crippen LogP contribution in [0.1, 0.15) is 37.0 Å². The van der Waals surface area contributed by atoms with Crippen LogP contribution in [0.25, 0.3) is 0 Å². The molecule has 1 saturated heterocycles. The van der Waals surface area contributed by atoms with Gasteiger partial charge in [-0.05, 0) is 58.7 Å². The van der Waals surface area contributed by atoms with Crippen molar-refractivity contribution in [3.05, 3.63) is 28.8 Å². The standard InChI is InChI=1S/C16H26N2/c1-12-9-13(2)15(14(3)10-12)18-8-6-7-17-11-16(18,4)5/h9-10,17H,6-8,11H2,1-5H3. The maximum absolute atomic E-state index is 3.55. The number of rotatable bonds is 1. The summed E-state index contributed by atoms with van der Waals surface area (Å²) >= 11 is 0. The minimum Gasteiger partial charge on any atom is -0.365 e. The van der Waals surface area contributed by atoms with E-state index in [2.05, 4.69) is 57.0 Å². The molecule has 1 aliphatic rings. The largest absolute Gasteiger partial charge is 0.365 e. The average molecular weight is 246 g/mol. The van der Waals surface area contributed by atoms with E-state index in [9.17, 15) is 0 Å². The summed E-state index contributed by atoms with van der Waals surface area (Å²) in [4.78, 5) is 2.59. The second-order valence-corrected chi connectivity index (χ2v) is 6.24. The van der Waals surface area contributed by atoms with E-state index in [1.54, 1.807) is 0 Å². The highest BCUT2D eigenvalue weighted by atomic mass is 15.2. The molecule has 0 radical (unpaired) electrons. The number of hydrogen-bond acceptors (Lipinski definition) is 2. The van der Waals surface area contributed by atoms with E-state index >= 15 is 0 Å². The molecule has 1 aromatic rings. The summed E-state index contributed by atoms with van der Waals surface area (Å²) in [5, 5.41) is 3.55. The van der Waals surface area contributed by atoms with Crippen LogP contribution in [-0.2, 0) is 0 Å². The Morgan fingerprint density at radius 2 is 1.72 bits per heavy atom. The summed E-state index contributed by atoms with van der Waals surface area (Å²) < 4.78 is 0. The Bertz CT molecular complexity index is 412. The number of aryl methyl sites for hydroxylation is 3. The quantitative estimate of drug-likeness (QED) is 0.818. The summed E-state index contributed by atoms with van der Waals surface area (Å²) in [5.74, 6) is 0. The van der Waals surface area contributed by atoms with Gasteiger partial charge in [-0.2, -0.15) is 0 Å². The maximum atomic E-state index is 3.55. The van der Waals surface area contributed by atoms with Gasteiger partial charge in [0.15, 0.2) is 0 Å². The Labute approximate surface area is 111 Å². The lowest BCUT2D eigenvalue weighted by molar-refractivity contribution is 0.461. The van der Waals surface area contributed by atoms with Crippen LogP contribution in [0, 0.1) is 20.8 Å². The number of nitrogens with zero attached hydrogens (tertiary/aromatic N) is 1. The Hall–Kier alpha value is -1.02. The molecule has 0 unspecified atom stereocenters. The summed E-state index contributed by atoms with van der Waals surface area (Å²) in [7, 11) is 0. The number of anilines is 1. The van der Waals surface area contributed by atoms with E-state index in [0.29, 0.717) is 0 Å². The van der Waals surface area contributed by atoms with Gasteiger partial charge in [0, 0.05) is 24.3 Å². The summed E-state index contributed by atoms with van der Waals surface area (Å²) in [5.41, 5.74) is 5.79. The molecule has 0 aliphatic carbocycles. The lowest BCUT2D eigenvalue weighted by Gasteiger charge is -2.40. The molecule has 2 heteroatoms. The maximum Gasteiger partial charge on any atom is 0.0470 e. The summed E-state index contributed by atoms with van der Waals surface area (Å²) in [6.07, 6.45) is 1.22. The van der Waals surface area contributed by atoms with Gasteiger partial charge in [-0.3, -0.25) is 0 Å². The zero-order valence-electron chi connectivity index (χ0n) is 12.4. The van der Waals surface area contributed by atoms with E-state index < -0.39 is 0 Å². The number of benzene rings is 1. The molecule has 2 nitrogen and oxygen atoms in total. The van der Waals surface area contributed by atoms with Crippen LogP contribution in [0.4, 0.5) is 5.69 Å². The van der Waals surface area contributed by atoms with Gasteiger partial charge in [0.05, 0.1) is 0 Å². The number of hydrogen-bond donors (Lipinski definition) is 1. The lowest BCUT2D eigenvalue weighted by atomic mass is 9.97. The van der Waals surface area contributed by atoms with Crippen LogP contribution in [-0.4, -0.2) is 25.2 Å². The van der Waals surface area contributed by atoms with Gasteiger partial charge >= 0.3 is 0 Å². The van der Waals surface area contributed by atoms with Crippen molar-refractivity contribution in [3.63, 3.8) is 0 Å². The van der Waals surface area contributed by atoms with E-state index in [4.69, 9.17) is 0 Å². The first-order chi connectivity index (χ1) is 8.42. The van der Waals surface area contributed by atoms with Gasteiger partial charge in [0.25, 0.3) is 0 Å². The van der Waals surface area contributed by atoms with Crippen LogP contribution >= 0.6 is 0 Å². The van der Waals surface area contributed by atoms with Crippen molar-refractivity contribution in [1.82, 2.24) is 5.32 Å². The van der Waals surface area contributed by atoms with Crippen molar-refractivity contribution in [2.45, 2.75) is 46.6 Å². The zero-order chi connectivity index (χ0) is 13.3. The molecular formula is C16H26N2. The topological polar surface area (TPSA) is 15.3 Å². The van der Waals surface area contributed by atoms with Crippen molar-refractivity contribution in [2.24, 2.45) is 0 Å². The molecule has 0 spiro atoms. The van der Waals surface area contributed by atoms with E-state index in [1.807, 2.05) is 0 Å². The Morgan fingerprint density at radius 3 is 2.33 bits per heavy atom. The van der Waals surface area contributed by atoms with Gasteiger partial charge < -0.3 is 10.2 Å². The van der Waals surface area contributed by atoms with Gasteiger partial charge in [-0.15, -0.1) is 0 Å². The van der Waals surface area contributed by atoms with Crippen molar-refractivity contribution >= 4 is 5.69 Å². The highest BCUT2D eigenvalue weighted by Gasteiger charge is 2.30. The third-order valence-electron chi connectivity index (χ3n) is 3.93. The third-order valence-corrected chi connectivity index (χ3v) is 3.93. The summed E-state index contributed by atoms with van der Waals surface area (Å²) in [6.45, 7) is 14.7. The second-order valence-electron chi connectivity index (χ2n) is 6.24. The van der Waals surface area contributed by atoms with Crippen LogP contribution in [0.5, 0.6) is 0 Å². The fourth-order valence-corrected chi connectivity index (χ4v) is 3.17. The smallest absolute Gasteiger partial charge is 0.0470 e. The van der Waals surface area contributed by atoms with Crippen LogP contribution in [0.2, 0.25) is 0 Å². The molecule has 18 heavy (non-hydrogen) atoms. The lowest BCUT2D eigenvalue weighted by Crippen LogP contribution is -2.49. The van der Waals surface area contributed by atoms with Gasteiger partial charge in [-0.25, -0.2) is 0 Å². The molecule has 2 rings (SSSR count). The third kappa shape index (κ3) is 2.54. The van der Waals surface area contributed by atoms with Crippen molar-refractivity contribution < 1.29 is 0 Å². The molecule has 1 heterocycles. The SMILES string of the molecule is Cc1cc(C)c(N2CCCNCC2(C)C)c(C)c1. The highest BCUT2D eigenvalue weighted by Crippen LogP contribution is 2.32. The summed E-state index contributed by atoms with van der Waals surface area (Å²) in [6, 6.07) is 4.60. The molecule has 0 bridgehead atoms. The van der Waals surface area contributed by atoms with Gasteiger partial charge in [0.2, 0.25) is 0 Å². The van der Waals surface area contributed by atoms with E-state index in [-0.39, 0.29) is 5.54 Å². The number of nitrogens with one attached hydrogen (secondary N) is 1. The molecule has 1 fully saturated rings. The molecule has 100 valence electrons. The molecule has 1 N–H and O–H groups in total. The zero-order valence-corrected chi connectivity index (χ0v) is 12.4. The molecule has 0 aromatic heterocycles. The van der Waals surface area contributed by atoms with Crippen molar-refractivity contribution in [1.29, 1.82) is 0 Å². The first-order valence-electron chi connectivity index (χ1n) is 6.98. The first kappa shape index (κ1) is 13.4. The molecule has 1 aromatic carbocycles. The van der Waals surface area contributed by atoms with Crippen LogP contribution in [0.15, 0.2) is 12.1 Å². The monoisotopic (exact) mass is 246 g/mol. The fourth-order valence-electron chi connectivity index (χ4n) is 3.17. The fraction of sp³-hybridized carbons (Fsp3) is 0.625. The molecule has 0 amide bonds. The Morgan fingerprint density at radius 1 is 1.11 bits per heavy atom. The molecule has 0 saturated carbocycles. The van der Waals surface area contributed by atoms with E-state index in [1.165, 1.54) is 28.8 Å². The highest BCUT2D eigenvalue weighted by molar-refractivity contribution is 5.61. The normalized spacial score (nSPS) is 19.7. The Kier molecular flexibility index (Phi) is 3.67. The van der Waals surface area contributed by atoms with Crippen LogP contribution < -0.4 is 10.2 Å². The first-order valence-corrected chi connectivity index (χ1v) is 6.98. The minimum absolute atomic E-state index is 0.182. The molecular weight excluding hydrogens is 220 g/mol. The predicted molar refractivity (Wildman–Crippen MR) is 79.6 cm³/mol. The Balaban J connectivity index is 2.46. The minimum atomic E-state index is 0.182. The van der Waals surface area contributed by atoms with Crippen molar-refractivity contribution in [2.75, 3.05) is 24.5 Å². The average Bonchev–Trinajstić information content (AvgIpc) is 2.39. The van der Waals surface area contributed by atoms with Crippen molar-refractivity contribution in [3.8, 4) is 0 Å². The van der Waals surface area contributed by atoms with Gasteiger partial charge in [0.1, 0.15) is 0 Å².